The van der Waals surface area contributed by atoms with E-state index in [-0.39, 0.29) is 76.7 Å². The molecule has 1 unspecified atom stereocenters. The number of nitrogens with one attached hydrogen (secondary N) is 2. The Kier molecular flexibility index (Phi) is 11.5. The molecule has 34 heavy (non-hydrogen) atoms. The van der Waals surface area contributed by atoms with Crippen molar-refractivity contribution in [3.8, 4) is 17.6 Å². The Hall–Kier alpha value is -3.10. The second kappa shape index (κ2) is 13.6. The zero-order valence-corrected chi connectivity index (χ0v) is 18.2. The van der Waals surface area contributed by atoms with Crippen LogP contribution in [-0.2, 0) is 16.0 Å². The normalized spacial score (nSPS) is 10.9. The molecule has 0 bridgehead atoms. The van der Waals surface area contributed by atoms with E-state index >= 15 is 0 Å². The molecular formula is C23H26N3NaO7. The van der Waals surface area contributed by atoms with Crippen LogP contribution in [0.1, 0.15) is 41.8 Å². The number of benzene rings is 2. The molecule has 2 rings (SSSR count). The van der Waals surface area contributed by atoms with Crippen molar-refractivity contribution in [3.63, 3.8) is 0 Å². The Morgan fingerprint density at radius 3 is 2.44 bits per heavy atom. The van der Waals surface area contributed by atoms with E-state index in [4.69, 9.17) is 9.84 Å². The standard InChI is InChI=1S/C23H25N3O7.Na.H/c1-3-5-16-20(9-8-15(13(2)27)21(16)29)33-12-14(28)11-25-18-6-4-7-19(17(18)10-24)26-22(30)23(31)32;;/h4,6-9,14,25,28-29H,3,5,11-12H2,1-2H3,(H,26,30)(H,31,32);;. The molecule has 0 saturated carbocycles. The molecule has 0 aliphatic carbocycles. The fraction of sp³-hybridized carbons (Fsp3) is 0.304. The number of Topliss-reactive ketones (excluding diaryl/α,β-unsaturated/α-hetero) is 1. The number of aliphatic hydroxyl groups excluding tert-OH is 1. The first-order valence-corrected chi connectivity index (χ1v) is 10.2. The van der Waals surface area contributed by atoms with E-state index in [2.05, 4.69) is 10.6 Å². The molecule has 0 aliphatic rings. The van der Waals surface area contributed by atoms with Gasteiger partial charge in [-0.15, -0.1) is 0 Å². The molecule has 11 heteroatoms. The van der Waals surface area contributed by atoms with Gasteiger partial charge in [0.1, 0.15) is 30.3 Å². The molecule has 0 saturated heterocycles. The summed E-state index contributed by atoms with van der Waals surface area (Å²) in [6.45, 7) is 3.12. The van der Waals surface area contributed by atoms with Crippen LogP contribution < -0.4 is 15.4 Å². The Morgan fingerprint density at radius 2 is 1.85 bits per heavy atom. The third-order valence-corrected chi connectivity index (χ3v) is 4.70. The van der Waals surface area contributed by atoms with Crippen LogP contribution >= 0.6 is 0 Å². The number of carboxylic acids is 1. The molecule has 176 valence electrons. The molecule has 2 aromatic rings. The van der Waals surface area contributed by atoms with Crippen molar-refractivity contribution >= 4 is 58.6 Å². The Bertz CT molecular complexity index is 1100. The van der Waals surface area contributed by atoms with Crippen LogP contribution in [0, 0.1) is 11.3 Å². The summed E-state index contributed by atoms with van der Waals surface area (Å²) in [6.07, 6.45) is 0.177. The summed E-state index contributed by atoms with van der Waals surface area (Å²) in [5.41, 5.74) is 1.00. The number of anilines is 2. The number of nitrogens with zero attached hydrogens (tertiary/aromatic N) is 1. The van der Waals surface area contributed by atoms with Gasteiger partial charge in [-0.05, 0) is 37.6 Å². The van der Waals surface area contributed by atoms with Crippen molar-refractivity contribution in [2.75, 3.05) is 23.8 Å². The van der Waals surface area contributed by atoms with Crippen molar-refractivity contribution in [2.24, 2.45) is 0 Å². The van der Waals surface area contributed by atoms with E-state index in [9.17, 15) is 29.9 Å². The van der Waals surface area contributed by atoms with Crippen LogP contribution in [-0.4, -0.2) is 81.8 Å². The number of aromatic hydroxyl groups is 1. The molecule has 0 fully saturated rings. The van der Waals surface area contributed by atoms with Crippen molar-refractivity contribution in [2.45, 2.75) is 32.8 Å². The number of amides is 1. The first-order chi connectivity index (χ1) is 15.7. The number of hydrogen-bond donors (Lipinski definition) is 5. The molecule has 0 heterocycles. The molecule has 2 aromatic carbocycles. The minimum atomic E-state index is -1.69. The maximum atomic E-state index is 11.7. The van der Waals surface area contributed by atoms with Crippen LogP contribution in [0.15, 0.2) is 30.3 Å². The topological polar surface area (TPSA) is 169 Å². The summed E-state index contributed by atoms with van der Waals surface area (Å²) in [5.74, 6) is -3.01. The third-order valence-electron chi connectivity index (χ3n) is 4.70. The summed E-state index contributed by atoms with van der Waals surface area (Å²) < 4.78 is 5.67. The van der Waals surface area contributed by atoms with E-state index in [0.717, 1.165) is 0 Å². The number of aliphatic hydroxyl groups is 1. The monoisotopic (exact) mass is 479 g/mol. The van der Waals surface area contributed by atoms with Crippen molar-refractivity contribution in [1.29, 1.82) is 5.26 Å². The minimum absolute atomic E-state index is 0. The van der Waals surface area contributed by atoms with Gasteiger partial charge < -0.3 is 30.7 Å². The predicted molar refractivity (Wildman–Crippen MR) is 127 cm³/mol. The van der Waals surface area contributed by atoms with Crippen molar-refractivity contribution in [1.82, 2.24) is 0 Å². The molecule has 0 spiro atoms. The number of ether oxygens (including phenoxy) is 1. The van der Waals surface area contributed by atoms with E-state index < -0.39 is 18.0 Å². The number of carboxylic acid groups (broad SMARTS) is 1. The van der Waals surface area contributed by atoms with Crippen molar-refractivity contribution < 1.29 is 34.4 Å². The van der Waals surface area contributed by atoms with E-state index in [1.807, 2.05) is 13.0 Å². The van der Waals surface area contributed by atoms with E-state index in [1.165, 1.54) is 25.1 Å². The maximum absolute atomic E-state index is 11.7. The Morgan fingerprint density at radius 1 is 1.18 bits per heavy atom. The number of aliphatic carboxylic acids is 1. The Labute approximate surface area is 218 Å². The first kappa shape index (κ1) is 28.9. The van der Waals surface area contributed by atoms with Gasteiger partial charge in [-0.3, -0.25) is 9.59 Å². The molecule has 0 aromatic heterocycles. The number of phenols is 1. The van der Waals surface area contributed by atoms with Gasteiger partial charge in [0.05, 0.1) is 22.5 Å². The number of carbonyl (C=O) groups excluding carboxylic acids is 2. The second-order valence-corrected chi connectivity index (χ2v) is 7.19. The molecule has 5 N–H and O–H groups in total. The number of nitriles is 1. The summed E-state index contributed by atoms with van der Waals surface area (Å²) in [6, 6.07) is 9.37. The molecule has 1 atom stereocenters. The number of phenolic OH excluding ortho intramolecular Hbond substituents is 1. The van der Waals surface area contributed by atoms with Crippen LogP contribution in [0.4, 0.5) is 11.4 Å². The van der Waals surface area contributed by atoms with Crippen LogP contribution in [0.3, 0.4) is 0 Å². The summed E-state index contributed by atoms with van der Waals surface area (Å²) in [7, 11) is 0. The number of rotatable bonds is 10. The van der Waals surface area contributed by atoms with Crippen LogP contribution in [0.25, 0.3) is 0 Å². The second-order valence-electron chi connectivity index (χ2n) is 7.19. The van der Waals surface area contributed by atoms with Gasteiger partial charge in [-0.25, -0.2) is 4.79 Å². The summed E-state index contributed by atoms with van der Waals surface area (Å²) in [4.78, 5) is 33.8. The van der Waals surface area contributed by atoms with Crippen LogP contribution in [0.2, 0.25) is 0 Å². The molecule has 10 nitrogen and oxygen atoms in total. The van der Waals surface area contributed by atoms with Gasteiger partial charge >= 0.3 is 41.4 Å². The molecule has 0 radical (unpaired) electrons. The number of hydrogen-bond acceptors (Lipinski definition) is 8. The number of ketones is 1. The fourth-order valence-corrected chi connectivity index (χ4v) is 3.10. The Balaban J connectivity index is 0.00000578. The van der Waals surface area contributed by atoms with Gasteiger partial charge in [0.15, 0.2) is 5.78 Å². The molecule has 1 amide bonds. The number of carbonyl (C=O) groups is 3. The molecule has 0 aliphatic heterocycles. The predicted octanol–water partition coefficient (Wildman–Crippen LogP) is 1.65. The SMILES string of the molecule is CCCc1c(OCC(O)CNc2cccc(NC(=O)C(=O)O)c2C#N)ccc(C(C)=O)c1O.[NaH]. The van der Waals surface area contributed by atoms with Gasteiger partial charge in [0.2, 0.25) is 0 Å². The average molecular weight is 479 g/mol. The zero-order chi connectivity index (χ0) is 24.5. The van der Waals surface area contributed by atoms with Gasteiger partial charge in [0, 0.05) is 12.1 Å². The summed E-state index contributed by atoms with van der Waals surface area (Å²) >= 11 is 0. The zero-order valence-electron chi connectivity index (χ0n) is 18.2. The fourth-order valence-electron chi connectivity index (χ4n) is 3.10. The van der Waals surface area contributed by atoms with Gasteiger partial charge in [-0.2, -0.15) is 5.26 Å². The molecular weight excluding hydrogens is 453 g/mol. The van der Waals surface area contributed by atoms with E-state index in [1.54, 1.807) is 12.1 Å². The van der Waals surface area contributed by atoms with E-state index in [0.29, 0.717) is 24.2 Å². The first-order valence-electron chi connectivity index (χ1n) is 10.2. The van der Waals surface area contributed by atoms with Crippen molar-refractivity contribution in [3.05, 3.63) is 47.0 Å². The summed E-state index contributed by atoms with van der Waals surface area (Å²) in [5, 5.41) is 43.9. The van der Waals surface area contributed by atoms with Gasteiger partial charge in [-0.1, -0.05) is 19.4 Å². The average Bonchev–Trinajstić information content (AvgIpc) is 2.77. The third kappa shape index (κ3) is 7.46. The quantitative estimate of drug-likeness (QED) is 0.193. The van der Waals surface area contributed by atoms with Gasteiger partial charge in [0.25, 0.3) is 0 Å². The van der Waals surface area contributed by atoms with Crippen LogP contribution in [0.5, 0.6) is 11.5 Å².